The zero-order valence-electron chi connectivity index (χ0n) is 22.8. The van der Waals surface area contributed by atoms with Crippen molar-refractivity contribution in [2.75, 3.05) is 36.4 Å². The first kappa shape index (κ1) is 26.3. The minimum atomic E-state index is -0.231. The molecule has 2 fully saturated rings. The zero-order valence-corrected chi connectivity index (χ0v) is 22.8. The third-order valence-corrected chi connectivity index (χ3v) is 8.06. The number of aromatic nitrogens is 1. The number of hydrogen-bond donors (Lipinski definition) is 3. The average Bonchev–Trinajstić information content (AvgIpc) is 3.67. The van der Waals surface area contributed by atoms with Gasteiger partial charge in [-0.05, 0) is 71.8 Å². The number of aliphatic hydroxyl groups is 1. The third-order valence-electron chi connectivity index (χ3n) is 8.06. The second-order valence-corrected chi connectivity index (χ2v) is 10.9. The van der Waals surface area contributed by atoms with E-state index in [1.165, 1.54) is 11.1 Å². The molecule has 0 unspecified atom stereocenters. The Morgan fingerprint density at radius 2 is 1.73 bits per heavy atom. The van der Waals surface area contributed by atoms with Gasteiger partial charge >= 0.3 is 0 Å². The van der Waals surface area contributed by atoms with Crippen molar-refractivity contribution >= 4 is 17.1 Å². The highest BCUT2D eigenvalue weighted by Gasteiger charge is 2.22. The largest absolute Gasteiger partial charge is 0.392 e. The van der Waals surface area contributed by atoms with Crippen molar-refractivity contribution in [3.8, 4) is 16.8 Å². The van der Waals surface area contributed by atoms with Crippen molar-refractivity contribution in [2.24, 2.45) is 5.73 Å². The molecule has 0 radical (unpaired) electrons. The van der Waals surface area contributed by atoms with Crippen LogP contribution in [0.2, 0.25) is 0 Å². The second-order valence-electron chi connectivity index (χ2n) is 10.9. The Morgan fingerprint density at radius 3 is 2.48 bits per heavy atom. The van der Waals surface area contributed by atoms with Gasteiger partial charge in [-0.1, -0.05) is 48.5 Å². The van der Waals surface area contributed by atoms with E-state index in [1.54, 1.807) is 4.57 Å². The van der Waals surface area contributed by atoms with Gasteiger partial charge in [-0.25, -0.2) is 0 Å². The average molecular weight is 536 g/mol. The van der Waals surface area contributed by atoms with E-state index in [2.05, 4.69) is 57.6 Å². The van der Waals surface area contributed by atoms with Crippen LogP contribution >= 0.6 is 0 Å². The molecule has 2 aliphatic heterocycles. The maximum atomic E-state index is 14.0. The molecule has 2 aliphatic rings. The predicted molar refractivity (Wildman–Crippen MR) is 162 cm³/mol. The summed E-state index contributed by atoms with van der Waals surface area (Å²) < 4.78 is 1.72. The summed E-state index contributed by atoms with van der Waals surface area (Å²) in [5, 5.41) is 13.4. The number of hydrogen-bond acceptors (Lipinski definition) is 6. The van der Waals surface area contributed by atoms with Crippen molar-refractivity contribution in [3.05, 3.63) is 107 Å². The van der Waals surface area contributed by atoms with Crippen LogP contribution in [0.5, 0.6) is 0 Å². The maximum absolute atomic E-state index is 14.0. The molecule has 6 rings (SSSR count). The maximum Gasteiger partial charge on any atom is 0.280 e. The SMILES string of the molecule is NCc1cccc(Nc2c(N3CCCC3)ccn(-c3ccc(-c4ccccc4CN4CC[C@@H](O)C4)cc3)c2=O)c1. The molecular formula is C33H37N5O2. The number of β-amino-alcohol motifs (C(OH)–C–C–N with tert-alkyl or cyclic N) is 1. The monoisotopic (exact) mass is 535 g/mol. The number of rotatable bonds is 8. The predicted octanol–water partition coefficient (Wildman–Crippen LogP) is 4.87. The van der Waals surface area contributed by atoms with Crippen LogP contribution in [-0.4, -0.2) is 46.9 Å². The molecule has 3 aromatic carbocycles. The van der Waals surface area contributed by atoms with Crippen LogP contribution in [-0.2, 0) is 13.1 Å². The van der Waals surface area contributed by atoms with Gasteiger partial charge in [0.1, 0.15) is 5.69 Å². The molecule has 1 aromatic heterocycles. The van der Waals surface area contributed by atoms with Crippen LogP contribution in [0.4, 0.5) is 17.1 Å². The lowest BCUT2D eigenvalue weighted by Gasteiger charge is -2.23. The molecule has 0 saturated carbocycles. The van der Waals surface area contributed by atoms with Crippen molar-refractivity contribution in [1.82, 2.24) is 9.47 Å². The summed E-state index contributed by atoms with van der Waals surface area (Å²) in [5.41, 5.74) is 13.5. The number of nitrogens with one attached hydrogen (secondary N) is 1. The van der Waals surface area contributed by atoms with Gasteiger partial charge in [0.25, 0.3) is 5.56 Å². The molecule has 2 saturated heterocycles. The minimum absolute atomic E-state index is 0.0803. The normalized spacial score (nSPS) is 17.4. The smallest absolute Gasteiger partial charge is 0.280 e. The van der Waals surface area contributed by atoms with Crippen molar-refractivity contribution in [2.45, 2.75) is 38.5 Å². The lowest BCUT2D eigenvalue weighted by Crippen LogP contribution is -2.26. The topological polar surface area (TPSA) is 86.8 Å². The highest BCUT2D eigenvalue weighted by molar-refractivity contribution is 5.75. The van der Waals surface area contributed by atoms with Gasteiger partial charge in [0.15, 0.2) is 0 Å². The number of aliphatic hydroxyl groups excluding tert-OH is 1. The molecule has 40 heavy (non-hydrogen) atoms. The van der Waals surface area contributed by atoms with Gasteiger partial charge in [0.05, 0.1) is 11.8 Å². The third kappa shape index (κ3) is 5.54. The Bertz CT molecular complexity index is 1520. The first-order valence-electron chi connectivity index (χ1n) is 14.2. The van der Waals surface area contributed by atoms with Gasteiger partial charge < -0.3 is 21.1 Å². The number of anilines is 3. The summed E-state index contributed by atoms with van der Waals surface area (Å²) in [6.45, 7) is 4.79. The van der Waals surface area contributed by atoms with Crippen LogP contribution in [0.15, 0.2) is 89.9 Å². The molecular weight excluding hydrogens is 498 g/mol. The molecule has 7 nitrogen and oxygen atoms in total. The van der Waals surface area contributed by atoms with Gasteiger partial charge in [-0.2, -0.15) is 0 Å². The zero-order chi connectivity index (χ0) is 27.5. The fourth-order valence-electron chi connectivity index (χ4n) is 5.93. The highest BCUT2D eigenvalue weighted by Crippen LogP contribution is 2.31. The lowest BCUT2D eigenvalue weighted by molar-refractivity contribution is 0.175. The highest BCUT2D eigenvalue weighted by atomic mass is 16.3. The first-order chi connectivity index (χ1) is 19.6. The molecule has 206 valence electrons. The van der Waals surface area contributed by atoms with Crippen LogP contribution in [0.3, 0.4) is 0 Å². The summed E-state index contributed by atoms with van der Waals surface area (Å²) in [6.07, 6.45) is 4.75. The number of pyridine rings is 1. The summed E-state index contributed by atoms with van der Waals surface area (Å²) in [6, 6.07) is 26.6. The Labute approximate surface area is 235 Å². The minimum Gasteiger partial charge on any atom is -0.392 e. The van der Waals surface area contributed by atoms with Crippen LogP contribution in [0.1, 0.15) is 30.4 Å². The van der Waals surface area contributed by atoms with Crippen LogP contribution in [0, 0.1) is 0 Å². The van der Waals surface area contributed by atoms with Crippen LogP contribution < -0.4 is 21.5 Å². The second kappa shape index (κ2) is 11.7. The van der Waals surface area contributed by atoms with Gasteiger partial charge in [0.2, 0.25) is 0 Å². The quantitative estimate of drug-likeness (QED) is 0.298. The van der Waals surface area contributed by atoms with E-state index in [1.807, 2.05) is 42.6 Å². The van der Waals surface area contributed by atoms with E-state index in [0.717, 1.165) is 80.2 Å². The van der Waals surface area contributed by atoms with E-state index < -0.39 is 0 Å². The number of likely N-dealkylation sites (tertiary alicyclic amines) is 1. The fraction of sp³-hybridized carbons (Fsp3) is 0.303. The molecule has 1 atom stereocenters. The van der Waals surface area contributed by atoms with E-state index in [-0.39, 0.29) is 11.7 Å². The lowest BCUT2D eigenvalue weighted by atomic mass is 9.99. The van der Waals surface area contributed by atoms with E-state index in [4.69, 9.17) is 5.73 Å². The van der Waals surface area contributed by atoms with Crippen molar-refractivity contribution in [1.29, 1.82) is 0 Å². The molecule has 3 heterocycles. The number of nitrogens with zero attached hydrogens (tertiary/aromatic N) is 3. The van der Waals surface area contributed by atoms with E-state index in [9.17, 15) is 9.90 Å². The number of nitrogens with two attached hydrogens (primary N) is 1. The van der Waals surface area contributed by atoms with E-state index >= 15 is 0 Å². The Kier molecular flexibility index (Phi) is 7.68. The molecule has 0 spiro atoms. The number of benzene rings is 3. The summed E-state index contributed by atoms with van der Waals surface area (Å²) in [7, 11) is 0. The summed E-state index contributed by atoms with van der Waals surface area (Å²) in [4.78, 5) is 18.6. The van der Waals surface area contributed by atoms with Gasteiger partial charge in [-0.3, -0.25) is 14.3 Å². The Balaban J connectivity index is 1.32. The van der Waals surface area contributed by atoms with Gasteiger partial charge in [-0.15, -0.1) is 0 Å². The van der Waals surface area contributed by atoms with Gasteiger partial charge in [0, 0.05) is 56.8 Å². The first-order valence-corrected chi connectivity index (χ1v) is 14.2. The molecule has 4 aromatic rings. The summed E-state index contributed by atoms with van der Waals surface area (Å²) >= 11 is 0. The van der Waals surface area contributed by atoms with E-state index in [0.29, 0.717) is 12.2 Å². The van der Waals surface area contributed by atoms with Crippen LogP contribution in [0.25, 0.3) is 16.8 Å². The molecule has 0 amide bonds. The summed E-state index contributed by atoms with van der Waals surface area (Å²) in [5.74, 6) is 0. The molecule has 7 heteroatoms. The van der Waals surface area contributed by atoms with Crippen molar-refractivity contribution in [3.63, 3.8) is 0 Å². The molecule has 0 aliphatic carbocycles. The standard InChI is InChI=1S/C33H37N5O2/c34-21-24-6-5-8-27(20-24)35-32-31(37-16-3-4-17-37)15-19-38(33(32)40)28-12-10-25(11-13-28)30-9-2-1-7-26(30)22-36-18-14-29(39)23-36/h1-2,5-13,15,19-20,29,35,39H,3-4,14,16-18,21-23,34H2/t29-/m1/s1. The van der Waals surface area contributed by atoms with Crippen molar-refractivity contribution < 1.29 is 5.11 Å². The fourth-order valence-corrected chi connectivity index (χ4v) is 5.93. The Morgan fingerprint density at radius 1 is 0.925 bits per heavy atom. The Hall–Kier alpha value is -3.91. The molecule has 0 bridgehead atoms. The molecule has 4 N–H and O–H groups in total.